The average molecular weight is 592 g/mol. The second-order valence-electron chi connectivity index (χ2n) is 10.1. The molecule has 0 radical (unpaired) electrons. The number of likely N-dealkylation sites (N-methyl/N-ethyl adjacent to an activating group) is 1. The molecule has 1 aromatic heterocycles. The average Bonchev–Trinajstić information content (AvgIpc) is 3.39. The molecule has 1 N–H and O–H groups in total. The molecule has 0 fully saturated rings. The summed E-state index contributed by atoms with van der Waals surface area (Å²) in [4.78, 5) is 30.9. The SMILES string of the molecule is CC(c1ccc(Cl)cc1)n1nnc2c1NC(=O)C[C@]21C(=O)N(CCN(C)CCS(C)(=O)=O)c2ccc(Cl)cc21. The standard InChI is InChI=1S/C26H28Cl2N6O4S/c1-16(17-4-6-18(27)7-5-17)34-24-23(30-31-34)26(15-22(35)29-24)20-14-19(28)8-9-21(20)33(25(26)36)11-10-32(2)12-13-39(3,37)38/h4-9,14,16H,10-13,15H2,1-3H3,(H,29,35)/t16?,26-/m1/s1. The van der Waals surface area contributed by atoms with E-state index in [-0.39, 0.29) is 30.0 Å². The van der Waals surface area contributed by atoms with Gasteiger partial charge in [-0.3, -0.25) is 9.59 Å². The lowest BCUT2D eigenvalue weighted by Crippen LogP contribution is -2.48. The van der Waals surface area contributed by atoms with Gasteiger partial charge in [0.2, 0.25) is 11.8 Å². The predicted molar refractivity (Wildman–Crippen MR) is 150 cm³/mol. The van der Waals surface area contributed by atoms with E-state index in [9.17, 15) is 18.0 Å². The minimum absolute atomic E-state index is 0.0199. The number of amides is 2. The number of fused-ring (bicyclic) bond motifs is 4. The van der Waals surface area contributed by atoms with Crippen molar-refractivity contribution >= 4 is 56.4 Å². The molecule has 0 saturated heterocycles. The maximum atomic E-state index is 14.3. The summed E-state index contributed by atoms with van der Waals surface area (Å²) in [5, 5.41) is 12.8. The van der Waals surface area contributed by atoms with Crippen LogP contribution in [0.2, 0.25) is 10.0 Å². The molecule has 1 spiro atoms. The molecule has 39 heavy (non-hydrogen) atoms. The third-order valence-corrected chi connectivity index (χ3v) is 8.78. The highest BCUT2D eigenvalue weighted by atomic mass is 35.5. The normalized spacial score (nSPS) is 19.4. The number of carbonyl (C=O) groups excluding carboxylic acids is 2. The number of aromatic nitrogens is 3. The van der Waals surface area contributed by atoms with E-state index in [1.54, 1.807) is 47.0 Å². The first-order valence-electron chi connectivity index (χ1n) is 12.4. The molecule has 3 aromatic rings. The number of rotatable bonds is 8. The lowest BCUT2D eigenvalue weighted by Gasteiger charge is -2.32. The Morgan fingerprint density at radius 3 is 2.49 bits per heavy atom. The quantitative estimate of drug-likeness (QED) is 0.428. The van der Waals surface area contributed by atoms with Crippen LogP contribution >= 0.6 is 23.2 Å². The Kier molecular flexibility index (Phi) is 7.21. The third-order valence-electron chi connectivity index (χ3n) is 7.37. The first-order valence-corrected chi connectivity index (χ1v) is 15.2. The van der Waals surface area contributed by atoms with Gasteiger partial charge in [-0.25, -0.2) is 13.1 Å². The highest BCUT2D eigenvalue weighted by molar-refractivity contribution is 7.90. The van der Waals surface area contributed by atoms with Crippen molar-refractivity contribution in [1.29, 1.82) is 0 Å². The summed E-state index contributed by atoms with van der Waals surface area (Å²) in [5.41, 5.74) is 1.12. The maximum absolute atomic E-state index is 14.3. The number of anilines is 2. The number of nitrogens with zero attached hydrogens (tertiary/aromatic N) is 5. The van der Waals surface area contributed by atoms with Crippen LogP contribution in [0, 0.1) is 0 Å². The molecule has 2 aromatic carbocycles. The van der Waals surface area contributed by atoms with Gasteiger partial charge < -0.3 is 15.1 Å². The Morgan fingerprint density at radius 2 is 1.79 bits per heavy atom. The summed E-state index contributed by atoms with van der Waals surface area (Å²) in [6.45, 7) is 2.98. The summed E-state index contributed by atoms with van der Waals surface area (Å²) in [5.74, 6) is -0.245. The molecule has 2 aliphatic rings. The Labute approximate surface area is 236 Å². The highest BCUT2D eigenvalue weighted by Crippen LogP contribution is 2.52. The Hall–Kier alpha value is -2.99. The molecule has 10 nitrogen and oxygen atoms in total. The van der Waals surface area contributed by atoms with Crippen LogP contribution in [-0.2, 0) is 24.8 Å². The first-order chi connectivity index (χ1) is 18.4. The third kappa shape index (κ3) is 5.04. The number of benzene rings is 2. The van der Waals surface area contributed by atoms with Crippen LogP contribution < -0.4 is 10.2 Å². The zero-order valence-electron chi connectivity index (χ0n) is 21.7. The van der Waals surface area contributed by atoms with Crippen molar-refractivity contribution in [2.45, 2.75) is 24.8 Å². The number of nitrogens with one attached hydrogen (secondary N) is 1. The van der Waals surface area contributed by atoms with E-state index in [0.29, 0.717) is 52.4 Å². The smallest absolute Gasteiger partial charge is 0.244 e. The minimum Gasteiger partial charge on any atom is -0.310 e. The van der Waals surface area contributed by atoms with Crippen molar-refractivity contribution in [3.8, 4) is 0 Å². The van der Waals surface area contributed by atoms with Crippen LogP contribution in [0.4, 0.5) is 11.5 Å². The zero-order valence-corrected chi connectivity index (χ0v) is 24.0. The second-order valence-corrected chi connectivity index (χ2v) is 13.3. The van der Waals surface area contributed by atoms with Crippen LogP contribution in [0.5, 0.6) is 0 Å². The van der Waals surface area contributed by atoms with Gasteiger partial charge in [-0.1, -0.05) is 40.5 Å². The summed E-state index contributed by atoms with van der Waals surface area (Å²) < 4.78 is 24.8. The largest absolute Gasteiger partial charge is 0.310 e. The number of sulfone groups is 1. The lowest BCUT2D eigenvalue weighted by molar-refractivity contribution is -0.126. The first kappa shape index (κ1) is 27.6. The fraction of sp³-hybridized carbons (Fsp3) is 0.385. The molecule has 1 unspecified atom stereocenters. The summed E-state index contributed by atoms with van der Waals surface area (Å²) in [6.07, 6.45) is 1.06. The van der Waals surface area contributed by atoms with Crippen molar-refractivity contribution in [1.82, 2.24) is 19.9 Å². The van der Waals surface area contributed by atoms with E-state index in [4.69, 9.17) is 23.2 Å². The number of halogens is 2. The van der Waals surface area contributed by atoms with Gasteiger partial charge >= 0.3 is 0 Å². The molecule has 0 saturated carbocycles. The van der Waals surface area contributed by atoms with Crippen LogP contribution in [-0.4, -0.2) is 78.8 Å². The van der Waals surface area contributed by atoms with Crippen molar-refractivity contribution in [3.63, 3.8) is 0 Å². The fourth-order valence-corrected chi connectivity index (χ4v) is 6.16. The van der Waals surface area contributed by atoms with Gasteiger partial charge in [0.25, 0.3) is 0 Å². The molecule has 3 heterocycles. The van der Waals surface area contributed by atoms with Gasteiger partial charge in [-0.05, 0) is 55.4 Å². The van der Waals surface area contributed by atoms with Crippen molar-refractivity contribution < 1.29 is 18.0 Å². The molecular formula is C26H28Cl2N6O4S. The molecular weight excluding hydrogens is 563 g/mol. The van der Waals surface area contributed by atoms with Gasteiger partial charge in [0, 0.05) is 41.6 Å². The van der Waals surface area contributed by atoms with Gasteiger partial charge in [-0.15, -0.1) is 5.10 Å². The fourth-order valence-electron chi connectivity index (χ4n) is 5.22. The molecule has 13 heteroatoms. The number of carbonyl (C=O) groups is 2. The van der Waals surface area contributed by atoms with Gasteiger partial charge in [0.1, 0.15) is 20.9 Å². The maximum Gasteiger partial charge on any atom is 0.244 e. The second kappa shape index (κ2) is 10.2. The Bertz CT molecular complexity index is 1560. The van der Waals surface area contributed by atoms with Crippen LogP contribution in [0.1, 0.15) is 36.2 Å². The number of hydrogen-bond donors (Lipinski definition) is 1. The molecule has 0 aliphatic carbocycles. The van der Waals surface area contributed by atoms with Crippen LogP contribution in [0.25, 0.3) is 0 Å². The summed E-state index contributed by atoms with van der Waals surface area (Å²) >= 11 is 12.5. The zero-order chi connectivity index (χ0) is 28.1. The monoisotopic (exact) mass is 590 g/mol. The predicted octanol–water partition coefficient (Wildman–Crippen LogP) is 3.15. The molecule has 206 valence electrons. The van der Waals surface area contributed by atoms with Crippen LogP contribution in [0.15, 0.2) is 42.5 Å². The topological polar surface area (TPSA) is 117 Å². The highest BCUT2D eigenvalue weighted by Gasteiger charge is 2.58. The minimum atomic E-state index is -3.12. The van der Waals surface area contributed by atoms with E-state index >= 15 is 0 Å². The van der Waals surface area contributed by atoms with E-state index in [1.807, 2.05) is 24.0 Å². The van der Waals surface area contributed by atoms with Crippen molar-refractivity contribution in [2.75, 3.05) is 48.9 Å². The van der Waals surface area contributed by atoms with Crippen molar-refractivity contribution in [3.05, 3.63) is 69.3 Å². The Balaban J connectivity index is 1.53. The molecule has 2 amide bonds. The van der Waals surface area contributed by atoms with Gasteiger partial charge in [0.05, 0.1) is 18.2 Å². The number of hydrogen-bond acceptors (Lipinski definition) is 7. The summed E-state index contributed by atoms with van der Waals surface area (Å²) in [6, 6.07) is 12.2. The van der Waals surface area contributed by atoms with E-state index < -0.39 is 15.3 Å². The molecule has 0 bridgehead atoms. The van der Waals surface area contributed by atoms with E-state index in [0.717, 1.165) is 5.56 Å². The Morgan fingerprint density at radius 1 is 1.10 bits per heavy atom. The lowest BCUT2D eigenvalue weighted by atomic mass is 9.73. The van der Waals surface area contributed by atoms with E-state index in [1.165, 1.54) is 6.26 Å². The molecule has 2 atom stereocenters. The van der Waals surface area contributed by atoms with Gasteiger partial charge in [0.15, 0.2) is 5.82 Å². The van der Waals surface area contributed by atoms with E-state index in [2.05, 4.69) is 15.6 Å². The molecule has 2 aliphatic heterocycles. The summed E-state index contributed by atoms with van der Waals surface area (Å²) in [7, 11) is -1.31. The van der Waals surface area contributed by atoms with Gasteiger partial charge in [-0.2, -0.15) is 0 Å². The molecule has 5 rings (SSSR count). The van der Waals surface area contributed by atoms with Crippen LogP contribution in [0.3, 0.4) is 0 Å². The van der Waals surface area contributed by atoms with Crippen molar-refractivity contribution in [2.24, 2.45) is 0 Å².